The number of aromatic nitrogens is 1. The molecule has 0 bridgehead atoms. The first kappa shape index (κ1) is 14.6. The SMILES string of the molecule is CC[C@H]1[C@@H](C)c2cc(C(=O)O)ccc2N[C@H]1c1ccccn1. The van der Waals surface area contributed by atoms with E-state index in [9.17, 15) is 9.90 Å². The number of carboxylic acid groups (broad SMARTS) is 1. The normalized spacial score (nSPS) is 23.5. The molecule has 2 aromatic rings. The summed E-state index contributed by atoms with van der Waals surface area (Å²) >= 11 is 0. The van der Waals surface area contributed by atoms with Crippen LogP contribution in [0.4, 0.5) is 5.69 Å². The number of hydrogen-bond acceptors (Lipinski definition) is 3. The van der Waals surface area contributed by atoms with Gasteiger partial charge < -0.3 is 10.4 Å². The highest BCUT2D eigenvalue weighted by atomic mass is 16.4. The summed E-state index contributed by atoms with van der Waals surface area (Å²) in [5, 5.41) is 12.8. The molecule has 1 aliphatic rings. The van der Waals surface area contributed by atoms with Gasteiger partial charge in [0.15, 0.2) is 0 Å². The van der Waals surface area contributed by atoms with Crippen LogP contribution >= 0.6 is 0 Å². The summed E-state index contributed by atoms with van der Waals surface area (Å²) in [5.74, 6) is -0.214. The van der Waals surface area contributed by atoms with E-state index in [4.69, 9.17) is 0 Å². The van der Waals surface area contributed by atoms with E-state index >= 15 is 0 Å². The maximum atomic E-state index is 11.2. The van der Waals surface area contributed by atoms with Crippen LogP contribution in [0.25, 0.3) is 0 Å². The lowest BCUT2D eigenvalue weighted by Gasteiger charge is -2.39. The largest absolute Gasteiger partial charge is 0.478 e. The molecular formula is C18H20N2O2. The molecule has 22 heavy (non-hydrogen) atoms. The number of carbonyl (C=O) groups is 1. The smallest absolute Gasteiger partial charge is 0.335 e. The van der Waals surface area contributed by atoms with Crippen molar-refractivity contribution >= 4 is 11.7 Å². The summed E-state index contributed by atoms with van der Waals surface area (Å²) < 4.78 is 0. The molecule has 4 nitrogen and oxygen atoms in total. The Labute approximate surface area is 130 Å². The zero-order valence-electron chi connectivity index (χ0n) is 12.8. The quantitative estimate of drug-likeness (QED) is 0.896. The lowest BCUT2D eigenvalue weighted by molar-refractivity contribution is 0.0696. The summed E-state index contributed by atoms with van der Waals surface area (Å²) in [5.41, 5.74) is 3.48. The number of fused-ring (bicyclic) bond motifs is 1. The Balaban J connectivity index is 2.03. The number of anilines is 1. The first-order valence-electron chi connectivity index (χ1n) is 7.66. The molecule has 1 aromatic heterocycles. The Morgan fingerprint density at radius 2 is 2.14 bits per heavy atom. The molecular weight excluding hydrogens is 276 g/mol. The van der Waals surface area contributed by atoms with Crippen LogP contribution in [0.5, 0.6) is 0 Å². The molecule has 0 unspecified atom stereocenters. The zero-order valence-corrected chi connectivity index (χ0v) is 12.8. The fourth-order valence-corrected chi connectivity index (χ4v) is 3.44. The van der Waals surface area contributed by atoms with Crippen molar-refractivity contribution in [3.8, 4) is 0 Å². The summed E-state index contributed by atoms with van der Waals surface area (Å²) in [6, 6.07) is 11.5. The van der Waals surface area contributed by atoms with Crippen LogP contribution in [-0.4, -0.2) is 16.1 Å². The fraction of sp³-hybridized carbons (Fsp3) is 0.333. The van der Waals surface area contributed by atoms with Crippen LogP contribution in [0.1, 0.15) is 53.8 Å². The molecule has 0 saturated carbocycles. The molecule has 2 heterocycles. The van der Waals surface area contributed by atoms with E-state index in [1.165, 1.54) is 0 Å². The minimum Gasteiger partial charge on any atom is -0.478 e. The lowest BCUT2D eigenvalue weighted by atomic mass is 9.75. The molecule has 0 radical (unpaired) electrons. The Morgan fingerprint density at radius 3 is 2.77 bits per heavy atom. The summed E-state index contributed by atoms with van der Waals surface area (Å²) in [7, 11) is 0. The minimum absolute atomic E-state index is 0.157. The number of benzene rings is 1. The van der Waals surface area contributed by atoms with E-state index in [1.54, 1.807) is 12.1 Å². The van der Waals surface area contributed by atoms with E-state index in [0.717, 1.165) is 23.4 Å². The zero-order chi connectivity index (χ0) is 15.7. The molecule has 114 valence electrons. The Morgan fingerprint density at radius 1 is 1.32 bits per heavy atom. The second kappa shape index (κ2) is 5.79. The van der Waals surface area contributed by atoms with Crippen molar-refractivity contribution in [1.82, 2.24) is 4.98 Å². The highest BCUT2D eigenvalue weighted by molar-refractivity contribution is 5.88. The van der Waals surface area contributed by atoms with Crippen LogP contribution in [0, 0.1) is 5.92 Å². The summed E-state index contributed by atoms with van der Waals surface area (Å²) in [6.45, 7) is 4.35. The Bertz CT molecular complexity index is 685. The van der Waals surface area contributed by atoms with Gasteiger partial charge in [-0.05, 0) is 47.7 Å². The number of rotatable bonds is 3. The summed E-state index contributed by atoms with van der Waals surface area (Å²) in [4.78, 5) is 15.7. The molecule has 1 aromatic carbocycles. The van der Waals surface area contributed by atoms with Crippen molar-refractivity contribution in [2.75, 3.05) is 5.32 Å². The van der Waals surface area contributed by atoms with Crippen molar-refractivity contribution in [3.05, 3.63) is 59.4 Å². The number of hydrogen-bond donors (Lipinski definition) is 2. The molecule has 4 heteroatoms. The molecule has 0 spiro atoms. The molecule has 0 aliphatic carbocycles. The monoisotopic (exact) mass is 296 g/mol. The van der Waals surface area contributed by atoms with Crippen molar-refractivity contribution in [1.29, 1.82) is 0 Å². The fourth-order valence-electron chi connectivity index (χ4n) is 3.44. The minimum atomic E-state index is -0.880. The number of aromatic carboxylic acids is 1. The van der Waals surface area contributed by atoms with Gasteiger partial charge in [-0.25, -0.2) is 4.79 Å². The third-order valence-electron chi connectivity index (χ3n) is 4.65. The number of nitrogens with one attached hydrogen (secondary N) is 1. The van der Waals surface area contributed by atoms with Crippen LogP contribution in [-0.2, 0) is 0 Å². The van der Waals surface area contributed by atoms with E-state index in [2.05, 4.69) is 24.1 Å². The van der Waals surface area contributed by atoms with Gasteiger partial charge in [-0.2, -0.15) is 0 Å². The van der Waals surface area contributed by atoms with Gasteiger partial charge in [-0.15, -0.1) is 0 Å². The first-order chi connectivity index (χ1) is 10.6. The van der Waals surface area contributed by atoms with Gasteiger partial charge in [0.25, 0.3) is 0 Å². The van der Waals surface area contributed by atoms with E-state index in [0.29, 0.717) is 11.5 Å². The molecule has 0 saturated heterocycles. The van der Waals surface area contributed by atoms with Crippen molar-refractivity contribution in [2.45, 2.75) is 32.2 Å². The molecule has 3 rings (SSSR count). The molecule has 1 aliphatic heterocycles. The van der Waals surface area contributed by atoms with Gasteiger partial charge in [0.2, 0.25) is 0 Å². The highest BCUT2D eigenvalue weighted by Crippen LogP contribution is 2.45. The molecule has 3 atom stereocenters. The van der Waals surface area contributed by atoms with Crippen LogP contribution < -0.4 is 5.32 Å². The van der Waals surface area contributed by atoms with Gasteiger partial charge >= 0.3 is 5.97 Å². The van der Waals surface area contributed by atoms with Crippen LogP contribution in [0.15, 0.2) is 42.6 Å². The number of carboxylic acids is 1. The van der Waals surface area contributed by atoms with Gasteiger partial charge in [-0.1, -0.05) is 26.3 Å². The first-order valence-corrected chi connectivity index (χ1v) is 7.66. The predicted octanol–water partition coefficient (Wildman–Crippen LogP) is 4.08. The van der Waals surface area contributed by atoms with Crippen molar-refractivity contribution in [3.63, 3.8) is 0 Å². The number of pyridine rings is 1. The summed E-state index contributed by atoms with van der Waals surface area (Å²) in [6.07, 6.45) is 2.82. The number of nitrogens with zero attached hydrogens (tertiary/aromatic N) is 1. The van der Waals surface area contributed by atoms with Crippen molar-refractivity contribution < 1.29 is 9.90 Å². The lowest BCUT2D eigenvalue weighted by Crippen LogP contribution is -2.31. The molecule has 0 amide bonds. The average Bonchev–Trinajstić information content (AvgIpc) is 2.55. The van der Waals surface area contributed by atoms with Gasteiger partial charge in [0.05, 0.1) is 17.3 Å². The highest BCUT2D eigenvalue weighted by Gasteiger charge is 2.34. The van der Waals surface area contributed by atoms with Crippen LogP contribution in [0.2, 0.25) is 0 Å². The molecule has 2 N–H and O–H groups in total. The third-order valence-corrected chi connectivity index (χ3v) is 4.65. The molecule has 0 fully saturated rings. The van der Waals surface area contributed by atoms with Crippen LogP contribution in [0.3, 0.4) is 0 Å². The van der Waals surface area contributed by atoms with E-state index in [1.807, 2.05) is 30.5 Å². The van der Waals surface area contributed by atoms with Gasteiger partial charge in [0, 0.05) is 11.9 Å². The predicted molar refractivity (Wildman–Crippen MR) is 86.2 cm³/mol. The standard InChI is InChI=1S/C18H20N2O2/c1-3-13-11(2)14-10-12(18(21)22)7-8-15(14)20-17(13)16-6-4-5-9-19-16/h4-11,13,17,20H,3H2,1-2H3,(H,21,22)/t11-,13+,17-/m1/s1. The third kappa shape index (κ3) is 2.45. The van der Waals surface area contributed by atoms with E-state index in [-0.39, 0.29) is 12.0 Å². The maximum absolute atomic E-state index is 11.2. The maximum Gasteiger partial charge on any atom is 0.335 e. The van der Waals surface area contributed by atoms with Gasteiger partial charge in [-0.3, -0.25) is 4.98 Å². The topological polar surface area (TPSA) is 62.2 Å². The second-order valence-electron chi connectivity index (χ2n) is 5.84. The Kier molecular flexibility index (Phi) is 3.84. The van der Waals surface area contributed by atoms with Gasteiger partial charge in [0.1, 0.15) is 0 Å². The van der Waals surface area contributed by atoms with Crippen molar-refractivity contribution in [2.24, 2.45) is 5.92 Å². The average molecular weight is 296 g/mol. The Hall–Kier alpha value is -2.36. The van der Waals surface area contributed by atoms with E-state index < -0.39 is 5.97 Å². The second-order valence-corrected chi connectivity index (χ2v) is 5.84.